The molecule has 2 aliphatic rings. The van der Waals surface area contributed by atoms with Crippen LogP contribution in [-0.2, 0) is 39.3 Å². The molecule has 0 heterocycles. The molecule has 1 N–H and O–H groups in total. The van der Waals surface area contributed by atoms with Gasteiger partial charge in [0.25, 0.3) is 0 Å². The molecule has 0 aromatic rings. The zero-order chi connectivity index (χ0) is 20.5. The first-order valence-corrected chi connectivity index (χ1v) is 10.7. The Balaban J connectivity index is 0.00000113. The summed E-state index contributed by atoms with van der Waals surface area (Å²) < 4.78 is 0. The predicted octanol–water partition coefficient (Wildman–Crippen LogP) is 2.70. The van der Waals surface area contributed by atoms with Crippen LogP contribution in [0.3, 0.4) is 0 Å². The normalized spacial score (nSPS) is 16.7. The van der Waals surface area contributed by atoms with Crippen molar-refractivity contribution in [2.75, 3.05) is 12.3 Å². The minimum atomic E-state index is -1.19. The first-order valence-electron chi connectivity index (χ1n) is 10.1. The van der Waals surface area contributed by atoms with Crippen LogP contribution in [0.4, 0.5) is 0 Å². The minimum absolute atomic E-state index is 0. The smallest absolute Gasteiger partial charge is 0.793 e. The molecular weight excluding hydrogens is 426 g/mol. The van der Waals surface area contributed by atoms with Gasteiger partial charge in [0.05, 0.1) is 0 Å². The van der Waals surface area contributed by atoms with Crippen molar-refractivity contribution in [2.24, 2.45) is 0 Å². The molecule has 2 saturated carbocycles. The van der Waals surface area contributed by atoms with Gasteiger partial charge in [0.15, 0.2) is 0 Å². The number of carboxylic acid groups (broad SMARTS) is 1. The third-order valence-electron chi connectivity index (χ3n) is 4.40. The second-order valence-electron chi connectivity index (χ2n) is 6.82. The van der Waals surface area contributed by atoms with E-state index in [0.717, 1.165) is 30.9 Å². The van der Waals surface area contributed by atoms with E-state index in [-0.39, 0.29) is 28.9 Å². The topological polar surface area (TPSA) is 69.2 Å². The Bertz CT molecular complexity index is 411. The summed E-state index contributed by atoms with van der Waals surface area (Å²) >= 11 is 4.91. The van der Waals surface area contributed by atoms with Crippen LogP contribution in [0.1, 0.15) is 57.8 Å². The van der Waals surface area contributed by atoms with Crippen LogP contribution in [0.15, 0.2) is 0 Å². The van der Waals surface area contributed by atoms with Gasteiger partial charge in [-0.1, -0.05) is 44.9 Å². The molecule has 0 aliphatic heterocycles. The van der Waals surface area contributed by atoms with Gasteiger partial charge in [-0.3, -0.25) is 4.79 Å². The fourth-order valence-electron chi connectivity index (χ4n) is 2.79. The van der Waals surface area contributed by atoms with E-state index in [9.17, 15) is 14.7 Å². The minimum Gasteiger partial charge on any atom is -0.793 e. The molecule has 6 heteroatoms. The van der Waals surface area contributed by atoms with E-state index in [1.807, 2.05) is 32.1 Å². The number of carboxylic acids is 1. The van der Waals surface area contributed by atoms with Gasteiger partial charge in [0.2, 0.25) is 5.91 Å². The number of rotatable bonds is 13. The number of amides is 1. The Labute approximate surface area is 194 Å². The predicted molar refractivity (Wildman–Crippen MR) is 113 cm³/mol. The van der Waals surface area contributed by atoms with E-state index in [4.69, 9.17) is 12.6 Å². The molecule has 0 atom stereocenters. The van der Waals surface area contributed by atoms with Crippen molar-refractivity contribution >= 4 is 24.5 Å². The number of hydrogen-bond donors (Lipinski definition) is 1. The van der Waals surface area contributed by atoms with Crippen molar-refractivity contribution in [3.63, 3.8) is 0 Å². The Morgan fingerprint density at radius 2 is 1.34 bits per heavy atom. The number of aliphatic carboxylic acids is 1. The second kappa shape index (κ2) is 19.8. The zero-order valence-corrected chi connectivity index (χ0v) is 18.8. The Kier molecular flexibility index (Phi) is 19.6. The van der Waals surface area contributed by atoms with Crippen LogP contribution in [0.25, 0.3) is 0 Å². The summed E-state index contributed by atoms with van der Waals surface area (Å²) in [6.07, 6.45) is 24.6. The van der Waals surface area contributed by atoms with Crippen molar-refractivity contribution in [3.8, 4) is 0 Å². The summed E-state index contributed by atoms with van der Waals surface area (Å²) in [5.41, 5.74) is 0. The summed E-state index contributed by atoms with van der Waals surface area (Å²) in [4.78, 5) is 22.4. The average Bonchev–Trinajstić information content (AvgIpc) is 3.40. The number of nitrogens with one attached hydrogen (secondary N) is 1. The quantitative estimate of drug-likeness (QED) is 0.262. The molecule has 29 heavy (non-hydrogen) atoms. The molecule has 0 saturated heterocycles. The summed E-state index contributed by atoms with van der Waals surface area (Å²) in [6.45, 7) is 0.370. The SMILES string of the molecule is O=C(CCCCCCCCCC[S-])NC[C]1[CH][CH][C](C(=O)[O-])[CH]1.[CH]1[CH][CH][CH][CH]1.[Fe+2]. The summed E-state index contributed by atoms with van der Waals surface area (Å²) in [5, 5.41) is 13.5. The molecule has 1 amide bonds. The molecule has 0 unspecified atom stereocenters. The fourth-order valence-corrected chi connectivity index (χ4v) is 2.99. The second-order valence-corrected chi connectivity index (χ2v) is 7.23. The Morgan fingerprint density at radius 3 is 1.83 bits per heavy atom. The number of unbranched alkanes of at least 4 members (excludes halogenated alkanes) is 7. The molecular formula is C23H31FeNO3S. The van der Waals surface area contributed by atoms with E-state index in [1.165, 1.54) is 44.9 Å². The molecule has 0 aromatic heterocycles. The molecule has 2 fully saturated rings. The summed E-state index contributed by atoms with van der Waals surface area (Å²) in [7, 11) is 0. The van der Waals surface area contributed by atoms with Crippen molar-refractivity contribution in [2.45, 2.75) is 57.8 Å². The van der Waals surface area contributed by atoms with Crippen LogP contribution >= 0.6 is 0 Å². The van der Waals surface area contributed by atoms with E-state index < -0.39 is 5.97 Å². The molecule has 2 aliphatic carbocycles. The van der Waals surface area contributed by atoms with Gasteiger partial charge in [-0.15, -0.1) is 0 Å². The number of carbonyl (C=O) groups is 2. The largest absolute Gasteiger partial charge is 2.00 e. The summed E-state index contributed by atoms with van der Waals surface area (Å²) in [5.74, 6) is 0.644. The molecule has 0 bridgehead atoms. The van der Waals surface area contributed by atoms with Crippen LogP contribution < -0.4 is 10.4 Å². The molecule has 0 spiro atoms. The molecule has 2 rings (SSSR count). The zero-order valence-electron chi connectivity index (χ0n) is 16.9. The van der Waals surface area contributed by atoms with Crippen LogP contribution in [0.2, 0.25) is 0 Å². The van der Waals surface area contributed by atoms with Gasteiger partial charge < -0.3 is 27.8 Å². The van der Waals surface area contributed by atoms with Crippen LogP contribution in [-0.4, -0.2) is 24.2 Å². The van der Waals surface area contributed by atoms with Crippen LogP contribution in [0, 0.1) is 63.2 Å². The van der Waals surface area contributed by atoms with E-state index in [0.29, 0.717) is 13.0 Å². The Morgan fingerprint density at radius 1 is 0.828 bits per heavy atom. The van der Waals surface area contributed by atoms with Gasteiger partial charge in [-0.25, -0.2) is 0 Å². The van der Waals surface area contributed by atoms with Crippen LogP contribution in [0.5, 0.6) is 0 Å². The molecule has 4 nitrogen and oxygen atoms in total. The van der Waals surface area contributed by atoms with Crippen molar-refractivity contribution in [1.82, 2.24) is 5.32 Å². The van der Waals surface area contributed by atoms with Gasteiger partial charge in [0.1, 0.15) is 0 Å². The average molecular weight is 457 g/mol. The molecule has 0 aromatic carbocycles. The monoisotopic (exact) mass is 457 g/mol. The first-order chi connectivity index (χ1) is 13.6. The number of hydrogen-bond acceptors (Lipinski definition) is 4. The van der Waals surface area contributed by atoms with E-state index in [2.05, 4.69) is 5.32 Å². The fraction of sp³-hybridized carbons (Fsp3) is 0.478. The van der Waals surface area contributed by atoms with Gasteiger partial charge in [-0.05, 0) is 57.8 Å². The third kappa shape index (κ3) is 16.2. The van der Waals surface area contributed by atoms with Gasteiger partial charge >= 0.3 is 17.1 Å². The number of carbonyl (C=O) groups excluding carboxylic acids is 2. The van der Waals surface area contributed by atoms with Crippen molar-refractivity contribution in [3.05, 3.63) is 63.2 Å². The van der Waals surface area contributed by atoms with E-state index >= 15 is 0 Å². The molecule has 160 valence electrons. The van der Waals surface area contributed by atoms with Gasteiger partial charge in [0, 0.05) is 30.8 Å². The standard InChI is InChI=1S/C18H28NO3S.C5H5.Fe/c20-17(9-7-5-3-1-2-4-6-8-12-23)19-14-15-10-11-16(13-15)18(21)22;1-2-4-5-3-1;/h10-11,13,23H,1-9,12,14H2,(H,19,20)(H,21,22);1-5H;/q;;+2/p-2. The maximum absolute atomic E-state index is 11.7. The van der Waals surface area contributed by atoms with Crippen molar-refractivity contribution < 1.29 is 31.8 Å². The van der Waals surface area contributed by atoms with E-state index in [1.54, 1.807) is 6.42 Å². The third-order valence-corrected chi connectivity index (χ3v) is 4.69. The maximum Gasteiger partial charge on any atom is 2.00 e. The van der Waals surface area contributed by atoms with Crippen molar-refractivity contribution in [1.29, 1.82) is 0 Å². The van der Waals surface area contributed by atoms with Gasteiger partial charge in [-0.2, -0.15) is 5.75 Å². The maximum atomic E-state index is 11.7. The summed E-state index contributed by atoms with van der Waals surface area (Å²) in [6, 6.07) is 0. The first kappa shape index (κ1) is 28.8. The molecule has 10 radical (unpaired) electrons. The Hall–Kier alpha value is -0.191.